The molecular formula is C11H15N4. The summed E-state index contributed by atoms with van der Waals surface area (Å²) in [4.78, 5) is 0. The fourth-order valence-corrected chi connectivity index (χ4v) is 4.43. The minimum Gasteiger partial charge on any atom is -0.177 e. The summed E-state index contributed by atoms with van der Waals surface area (Å²) in [5, 5.41) is 14.8. The molecule has 5 rings (SSSR count). The van der Waals surface area contributed by atoms with E-state index in [1.54, 1.807) is 0 Å². The monoisotopic (exact) mass is 203 g/mol. The van der Waals surface area contributed by atoms with Crippen molar-refractivity contribution in [3.63, 3.8) is 0 Å². The Morgan fingerprint density at radius 2 is 2.00 bits per heavy atom. The maximum absolute atomic E-state index is 4.25. The minimum absolute atomic E-state index is 0.276. The van der Waals surface area contributed by atoms with E-state index in [4.69, 9.17) is 0 Å². The van der Waals surface area contributed by atoms with E-state index in [0.717, 1.165) is 23.6 Å². The van der Waals surface area contributed by atoms with Gasteiger partial charge in [0.25, 0.3) is 0 Å². The zero-order valence-corrected chi connectivity index (χ0v) is 8.69. The smallest absolute Gasteiger partial charge is 0.177 e. The third-order valence-electron chi connectivity index (χ3n) is 4.62. The Morgan fingerprint density at radius 3 is 2.60 bits per heavy atom. The van der Waals surface area contributed by atoms with Gasteiger partial charge >= 0.3 is 0 Å². The lowest BCUT2D eigenvalue weighted by Gasteiger charge is -2.55. The second kappa shape index (κ2) is 2.60. The molecule has 4 bridgehead atoms. The van der Waals surface area contributed by atoms with Crippen molar-refractivity contribution in [3.8, 4) is 0 Å². The fraction of sp³-hybridized carbons (Fsp3) is 0.818. The van der Waals surface area contributed by atoms with Crippen LogP contribution >= 0.6 is 0 Å². The number of tetrazole rings is 1. The van der Waals surface area contributed by atoms with Crippen molar-refractivity contribution < 1.29 is 0 Å². The minimum atomic E-state index is 0.276. The van der Waals surface area contributed by atoms with Gasteiger partial charge in [0.05, 0.1) is 0 Å². The van der Waals surface area contributed by atoms with Crippen LogP contribution in [0.15, 0.2) is 0 Å². The summed E-state index contributed by atoms with van der Waals surface area (Å²) in [6, 6.07) is 0. The normalized spacial score (nSPS) is 47.3. The summed E-state index contributed by atoms with van der Waals surface area (Å²) < 4.78 is 0. The van der Waals surface area contributed by atoms with Crippen LogP contribution in [0.4, 0.5) is 0 Å². The van der Waals surface area contributed by atoms with Crippen molar-refractivity contribution in [1.29, 1.82) is 0 Å². The van der Waals surface area contributed by atoms with Gasteiger partial charge in [-0.15, -0.1) is 10.2 Å². The van der Waals surface area contributed by atoms with Gasteiger partial charge in [-0.25, -0.2) is 0 Å². The number of hydrogen-bond acceptors (Lipinski definition) is 3. The Balaban J connectivity index is 1.77. The molecule has 2 unspecified atom stereocenters. The summed E-state index contributed by atoms with van der Waals surface area (Å²) in [6.07, 6.45) is 9.24. The maximum atomic E-state index is 4.25. The van der Waals surface area contributed by atoms with E-state index in [2.05, 4.69) is 27.0 Å². The molecule has 4 fully saturated rings. The average Bonchev–Trinajstić information content (AvgIpc) is 2.67. The summed E-state index contributed by atoms with van der Waals surface area (Å²) in [5.41, 5.74) is 0.276. The lowest BCUT2D eigenvalue weighted by atomic mass is 9.49. The first-order valence-electron chi connectivity index (χ1n) is 5.93. The van der Waals surface area contributed by atoms with E-state index < -0.39 is 0 Å². The predicted molar refractivity (Wildman–Crippen MR) is 53.7 cm³/mol. The fourth-order valence-electron chi connectivity index (χ4n) is 4.43. The molecule has 4 aliphatic carbocycles. The molecule has 1 aromatic rings. The lowest BCUT2D eigenvalue weighted by Crippen LogP contribution is -2.49. The van der Waals surface area contributed by atoms with Crippen molar-refractivity contribution in [3.05, 3.63) is 12.2 Å². The third kappa shape index (κ3) is 1.05. The maximum Gasteiger partial charge on any atom is 0.180 e. The van der Waals surface area contributed by atoms with Gasteiger partial charge in [-0.1, -0.05) is 5.21 Å². The Morgan fingerprint density at radius 1 is 1.20 bits per heavy atom. The van der Waals surface area contributed by atoms with Crippen LogP contribution in [0.25, 0.3) is 0 Å². The van der Waals surface area contributed by atoms with Gasteiger partial charge in [0.2, 0.25) is 0 Å². The largest absolute Gasteiger partial charge is 0.180 e. The van der Waals surface area contributed by atoms with E-state index in [9.17, 15) is 0 Å². The van der Waals surface area contributed by atoms with Crippen LogP contribution in [0.2, 0.25) is 0 Å². The van der Waals surface area contributed by atoms with Crippen LogP contribution in [0.3, 0.4) is 0 Å². The Hall–Kier alpha value is -0.930. The molecule has 0 saturated heterocycles. The number of H-pyrrole nitrogens is 1. The van der Waals surface area contributed by atoms with Crippen LogP contribution < -0.4 is 0 Å². The first-order valence-corrected chi connectivity index (χ1v) is 5.93. The zero-order valence-electron chi connectivity index (χ0n) is 8.69. The van der Waals surface area contributed by atoms with Gasteiger partial charge in [0.1, 0.15) is 0 Å². The predicted octanol–water partition coefficient (Wildman–Crippen LogP) is 1.48. The molecule has 1 N–H and O–H groups in total. The van der Waals surface area contributed by atoms with Gasteiger partial charge in [-0.05, 0) is 56.3 Å². The van der Waals surface area contributed by atoms with Gasteiger partial charge < -0.3 is 0 Å². The van der Waals surface area contributed by atoms with Crippen LogP contribution in [-0.2, 0) is 5.41 Å². The first kappa shape index (κ1) is 8.25. The van der Waals surface area contributed by atoms with E-state index in [-0.39, 0.29) is 5.41 Å². The molecule has 0 amide bonds. The number of hydrogen-bond donors (Lipinski definition) is 1. The molecule has 15 heavy (non-hydrogen) atoms. The molecule has 4 aliphatic rings. The molecule has 1 heterocycles. The summed E-state index contributed by atoms with van der Waals surface area (Å²) in [7, 11) is 0. The van der Waals surface area contributed by atoms with Gasteiger partial charge in [-0.2, -0.15) is 5.21 Å². The van der Waals surface area contributed by atoms with Crippen LogP contribution in [0.5, 0.6) is 0 Å². The number of nitrogens with one attached hydrogen (secondary N) is 1. The van der Waals surface area contributed by atoms with Gasteiger partial charge in [-0.3, -0.25) is 0 Å². The molecular weight excluding hydrogens is 188 g/mol. The SMILES string of the molecule is [CH]1[C@@H]2CC3C[C@H]1CC(c1nn[nH]n1)(C3)C2. The Kier molecular flexibility index (Phi) is 1.43. The van der Waals surface area contributed by atoms with E-state index in [0.29, 0.717) is 0 Å². The van der Waals surface area contributed by atoms with Gasteiger partial charge in [0.15, 0.2) is 5.82 Å². The third-order valence-corrected chi connectivity index (χ3v) is 4.62. The highest BCUT2D eigenvalue weighted by Gasteiger charge is 2.53. The zero-order chi connectivity index (χ0) is 9.88. The number of aromatic amines is 1. The van der Waals surface area contributed by atoms with Crippen molar-refractivity contribution in [2.24, 2.45) is 17.8 Å². The molecule has 0 aliphatic heterocycles. The summed E-state index contributed by atoms with van der Waals surface area (Å²) in [5.74, 6) is 3.56. The molecule has 4 heteroatoms. The molecule has 4 atom stereocenters. The molecule has 79 valence electrons. The van der Waals surface area contributed by atoms with Crippen molar-refractivity contribution in [1.82, 2.24) is 20.6 Å². The molecule has 4 nitrogen and oxygen atoms in total. The van der Waals surface area contributed by atoms with Gasteiger partial charge in [0, 0.05) is 5.41 Å². The van der Waals surface area contributed by atoms with Crippen molar-refractivity contribution in [2.45, 2.75) is 37.5 Å². The summed E-state index contributed by atoms with van der Waals surface area (Å²) >= 11 is 0. The van der Waals surface area contributed by atoms with Crippen molar-refractivity contribution >= 4 is 0 Å². The Labute approximate surface area is 88.8 Å². The number of rotatable bonds is 1. The second-order valence-electron chi connectivity index (χ2n) is 5.68. The Bertz CT molecular complexity index is 335. The van der Waals surface area contributed by atoms with E-state index in [1.165, 1.54) is 32.1 Å². The lowest BCUT2D eigenvalue weighted by molar-refractivity contribution is 0.0308. The van der Waals surface area contributed by atoms with Crippen molar-refractivity contribution in [2.75, 3.05) is 0 Å². The average molecular weight is 203 g/mol. The second-order valence-corrected chi connectivity index (χ2v) is 5.68. The highest BCUT2D eigenvalue weighted by Crippen LogP contribution is 2.59. The van der Waals surface area contributed by atoms with E-state index in [1.807, 2.05) is 0 Å². The van der Waals surface area contributed by atoms with Crippen LogP contribution in [-0.4, -0.2) is 20.6 Å². The quantitative estimate of drug-likeness (QED) is 0.752. The molecule has 1 radical (unpaired) electrons. The number of nitrogens with zero attached hydrogens (tertiary/aromatic N) is 3. The molecule has 1 aromatic heterocycles. The van der Waals surface area contributed by atoms with Crippen LogP contribution in [0.1, 0.15) is 37.9 Å². The molecule has 0 aromatic carbocycles. The first-order chi connectivity index (χ1) is 7.34. The van der Waals surface area contributed by atoms with E-state index >= 15 is 0 Å². The standard InChI is InChI=1S/C11H15N4/c1-7-2-9-3-8(1)5-11(4-7,6-9)10-12-14-15-13-10/h1,7-9H,2-6H2,(H,12,13,14,15)/t7-,8+,9?,11?. The summed E-state index contributed by atoms with van der Waals surface area (Å²) in [6.45, 7) is 0. The highest BCUT2D eigenvalue weighted by atomic mass is 15.5. The number of aromatic nitrogens is 4. The highest BCUT2D eigenvalue weighted by molar-refractivity contribution is 5.19. The topological polar surface area (TPSA) is 54.5 Å². The molecule has 0 spiro atoms. The van der Waals surface area contributed by atoms with Crippen LogP contribution in [0, 0.1) is 24.2 Å². The molecule has 4 saturated carbocycles.